The average molecular weight is 317 g/mol. The normalized spacial score (nSPS) is 16.9. The van der Waals surface area contributed by atoms with Gasteiger partial charge in [0.05, 0.1) is 0 Å². The van der Waals surface area contributed by atoms with Crippen LogP contribution in [0.1, 0.15) is 31.7 Å². The first-order valence-electron chi connectivity index (χ1n) is 7.93. The Kier molecular flexibility index (Phi) is 6.14. The molecule has 6 nitrogen and oxygen atoms in total. The van der Waals surface area contributed by atoms with Crippen molar-refractivity contribution in [1.29, 1.82) is 0 Å². The van der Waals surface area contributed by atoms with E-state index in [0.29, 0.717) is 26.1 Å². The summed E-state index contributed by atoms with van der Waals surface area (Å²) >= 11 is 0. The Morgan fingerprint density at radius 3 is 2.61 bits per heavy atom. The summed E-state index contributed by atoms with van der Waals surface area (Å²) in [5.74, 6) is -0.355. The van der Waals surface area contributed by atoms with Gasteiger partial charge in [-0.3, -0.25) is 14.4 Å². The molecule has 3 amide bonds. The van der Waals surface area contributed by atoms with E-state index in [-0.39, 0.29) is 24.1 Å². The third-order valence-corrected chi connectivity index (χ3v) is 3.90. The van der Waals surface area contributed by atoms with Crippen LogP contribution in [0.15, 0.2) is 30.3 Å². The van der Waals surface area contributed by atoms with Crippen LogP contribution in [-0.2, 0) is 20.9 Å². The Bertz CT molecular complexity index is 559. The molecule has 1 saturated heterocycles. The van der Waals surface area contributed by atoms with Crippen LogP contribution in [0.25, 0.3) is 0 Å². The highest BCUT2D eigenvalue weighted by Gasteiger charge is 2.33. The fourth-order valence-corrected chi connectivity index (χ4v) is 2.73. The van der Waals surface area contributed by atoms with Crippen LogP contribution in [0.5, 0.6) is 0 Å². The van der Waals surface area contributed by atoms with Crippen LogP contribution in [0.4, 0.5) is 0 Å². The van der Waals surface area contributed by atoms with Crippen molar-refractivity contribution < 1.29 is 14.4 Å². The molecule has 1 fully saturated rings. The summed E-state index contributed by atoms with van der Waals surface area (Å²) in [6.07, 6.45) is 1.74. The molecule has 1 aromatic rings. The first kappa shape index (κ1) is 17.0. The molecular weight excluding hydrogens is 294 g/mol. The third-order valence-electron chi connectivity index (χ3n) is 3.90. The number of nitrogens with one attached hydrogen (secondary N) is 2. The molecule has 2 rings (SSSR count). The number of likely N-dealkylation sites (tertiary alicyclic amines) is 1. The molecule has 0 aromatic heterocycles. The van der Waals surface area contributed by atoms with E-state index in [0.717, 1.165) is 12.0 Å². The van der Waals surface area contributed by atoms with Crippen molar-refractivity contribution in [3.8, 4) is 0 Å². The Labute approximate surface area is 136 Å². The molecule has 0 bridgehead atoms. The first-order valence-corrected chi connectivity index (χ1v) is 7.93. The maximum Gasteiger partial charge on any atom is 0.243 e. The van der Waals surface area contributed by atoms with E-state index in [1.165, 1.54) is 6.92 Å². The lowest BCUT2D eigenvalue weighted by Gasteiger charge is -2.24. The van der Waals surface area contributed by atoms with Crippen LogP contribution < -0.4 is 10.6 Å². The van der Waals surface area contributed by atoms with Crippen molar-refractivity contribution >= 4 is 17.7 Å². The second kappa shape index (κ2) is 8.31. The molecule has 0 radical (unpaired) electrons. The molecule has 0 spiro atoms. The largest absolute Gasteiger partial charge is 0.356 e. The number of hydrogen-bond donors (Lipinski definition) is 2. The SMILES string of the molecule is CC(=O)NCCC(=O)N1CCC[C@H]1C(=O)NCc1ccccc1. The highest BCUT2D eigenvalue weighted by atomic mass is 16.2. The number of nitrogens with zero attached hydrogens (tertiary/aromatic N) is 1. The molecule has 1 atom stereocenters. The van der Waals surface area contributed by atoms with E-state index >= 15 is 0 Å². The maximum absolute atomic E-state index is 12.3. The molecule has 6 heteroatoms. The standard InChI is InChI=1S/C17H23N3O3/c1-13(21)18-10-9-16(22)20-11-5-8-15(20)17(23)19-12-14-6-3-2-4-7-14/h2-4,6-7,15H,5,8-12H2,1H3,(H,18,21)(H,19,23)/t15-/m0/s1. The van der Waals surface area contributed by atoms with Crippen LogP contribution in [0.3, 0.4) is 0 Å². The Hall–Kier alpha value is -2.37. The molecule has 23 heavy (non-hydrogen) atoms. The van der Waals surface area contributed by atoms with Crippen molar-refractivity contribution in [3.05, 3.63) is 35.9 Å². The van der Waals surface area contributed by atoms with E-state index < -0.39 is 6.04 Å². The van der Waals surface area contributed by atoms with Gasteiger partial charge in [-0.2, -0.15) is 0 Å². The highest BCUT2D eigenvalue weighted by Crippen LogP contribution is 2.18. The second-order valence-corrected chi connectivity index (χ2v) is 5.68. The highest BCUT2D eigenvalue weighted by molar-refractivity contribution is 5.88. The van der Waals surface area contributed by atoms with Gasteiger partial charge in [0, 0.05) is 33.0 Å². The minimum atomic E-state index is -0.399. The van der Waals surface area contributed by atoms with Gasteiger partial charge in [-0.15, -0.1) is 0 Å². The van der Waals surface area contributed by atoms with Gasteiger partial charge in [-0.1, -0.05) is 30.3 Å². The fraction of sp³-hybridized carbons (Fsp3) is 0.471. The molecule has 124 valence electrons. The van der Waals surface area contributed by atoms with Gasteiger partial charge in [0.25, 0.3) is 0 Å². The summed E-state index contributed by atoms with van der Waals surface area (Å²) in [5, 5.41) is 5.50. The fourth-order valence-electron chi connectivity index (χ4n) is 2.73. The van der Waals surface area contributed by atoms with Crippen LogP contribution in [0.2, 0.25) is 0 Å². The minimum Gasteiger partial charge on any atom is -0.356 e. The van der Waals surface area contributed by atoms with Gasteiger partial charge in [0.2, 0.25) is 17.7 Å². The number of carbonyl (C=O) groups excluding carboxylic acids is 3. The molecule has 1 heterocycles. The lowest BCUT2D eigenvalue weighted by Crippen LogP contribution is -2.46. The predicted molar refractivity (Wildman–Crippen MR) is 86.3 cm³/mol. The van der Waals surface area contributed by atoms with Crippen molar-refractivity contribution in [2.75, 3.05) is 13.1 Å². The van der Waals surface area contributed by atoms with Gasteiger partial charge in [-0.05, 0) is 18.4 Å². The number of rotatable bonds is 6. The monoisotopic (exact) mass is 317 g/mol. The molecule has 1 aromatic carbocycles. The molecule has 0 aliphatic carbocycles. The zero-order valence-corrected chi connectivity index (χ0v) is 13.4. The number of amides is 3. The van der Waals surface area contributed by atoms with Crippen molar-refractivity contribution in [2.24, 2.45) is 0 Å². The Morgan fingerprint density at radius 2 is 1.91 bits per heavy atom. The molecular formula is C17H23N3O3. The number of benzene rings is 1. The van der Waals surface area contributed by atoms with E-state index in [9.17, 15) is 14.4 Å². The van der Waals surface area contributed by atoms with E-state index in [4.69, 9.17) is 0 Å². The zero-order valence-electron chi connectivity index (χ0n) is 13.4. The summed E-state index contributed by atoms with van der Waals surface area (Å²) in [4.78, 5) is 37.0. The van der Waals surface area contributed by atoms with Gasteiger partial charge < -0.3 is 15.5 Å². The predicted octanol–water partition coefficient (Wildman–Crippen LogP) is 0.820. The summed E-state index contributed by atoms with van der Waals surface area (Å²) in [6.45, 7) is 2.79. The molecule has 1 aliphatic heterocycles. The van der Waals surface area contributed by atoms with Crippen molar-refractivity contribution in [1.82, 2.24) is 15.5 Å². The molecule has 0 saturated carbocycles. The number of carbonyl (C=O) groups is 3. The van der Waals surface area contributed by atoms with Crippen molar-refractivity contribution in [3.63, 3.8) is 0 Å². The number of hydrogen-bond acceptors (Lipinski definition) is 3. The topological polar surface area (TPSA) is 78.5 Å². The van der Waals surface area contributed by atoms with Gasteiger partial charge in [0.15, 0.2) is 0 Å². The average Bonchev–Trinajstić information content (AvgIpc) is 3.03. The zero-order chi connectivity index (χ0) is 16.7. The quantitative estimate of drug-likeness (QED) is 0.815. The first-order chi connectivity index (χ1) is 11.1. The lowest BCUT2D eigenvalue weighted by molar-refractivity contribution is -0.138. The van der Waals surface area contributed by atoms with Crippen LogP contribution in [0, 0.1) is 0 Å². The van der Waals surface area contributed by atoms with Gasteiger partial charge in [0.1, 0.15) is 6.04 Å². The minimum absolute atomic E-state index is 0.0869. The van der Waals surface area contributed by atoms with Crippen LogP contribution >= 0.6 is 0 Å². The third kappa shape index (κ3) is 5.09. The summed E-state index contributed by atoms with van der Waals surface area (Å²) in [6, 6.07) is 9.28. The summed E-state index contributed by atoms with van der Waals surface area (Å²) < 4.78 is 0. The molecule has 0 unspecified atom stereocenters. The summed E-state index contributed by atoms with van der Waals surface area (Å²) in [7, 11) is 0. The van der Waals surface area contributed by atoms with Gasteiger partial charge in [-0.25, -0.2) is 0 Å². The summed E-state index contributed by atoms with van der Waals surface area (Å²) in [5.41, 5.74) is 1.03. The van der Waals surface area contributed by atoms with Gasteiger partial charge >= 0.3 is 0 Å². The van der Waals surface area contributed by atoms with E-state index in [1.54, 1.807) is 4.90 Å². The Balaban J connectivity index is 1.83. The Morgan fingerprint density at radius 1 is 1.17 bits per heavy atom. The molecule has 2 N–H and O–H groups in total. The van der Waals surface area contributed by atoms with Crippen molar-refractivity contribution in [2.45, 2.75) is 38.8 Å². The lowest BCUT2D eigenvalue weighted by atomic mass is 10.2. The maximum atomic E-state index is 12.3. The van der Waals surface area contributed by atoms with E-state index in [2.05, 4.69) is 10.6 Å². The van der Waals surface area contributed by atoms with E-state index in [1.807, 2.05) is 30.3 Å². The smallest absolute Gasteiger partial charge is 0.243 e. The molecule has 1 aliphatic rings. The van der Waals surface area contributed by atoms with Crippen LogP contribution in [-0.4, -0.2) is 41.8 Å². The second-order valence-electron chi connectivity index (χ2n) is 5.68.